The Morgan fingerprint density at radius 1 is 1.17 bits per heavy atom. The van der Waals surface area contributed by atoms with Crippen LogP contribution < -0.4 is 4.74 Å². The normalized spacial score (nSPS) is 21.1. The van der Waals surface area contributed by atoms with Gasteiger partial charge in [0, 0.05) is 52.7 Å². The topological polar surface area (TPSA) is 45.2 Å². The second-order valence-electron chi connectivity index (χ2n) is 8.35. The molecule has 2 saturated heterocycles. The molecule has 162 valence electrons. The van der Waals surface area contributed by atoms with E-state index < -0.39 is 0 Å². The number of amides is 1. The Bertz CT molecular complexity index is 634. The van der Waals surface area contributed by atoms with Crippen LogP contribution >= 0.6 is 0 Å². The summed E-state index contributed by atoms with van der Waals surface area (Å²) in [5.74, 6) is 1.81. The predicted molar refractivity (Wildman–Crippen MR) is 115 cm³/mol. The Morgan fingerprint density at radius 2 is 1.97 bits per heavy atom. The fourth-order valence-corrected chi connectivity index (χ4v) is 4.45. The number of carbonyl (C=O) groups is 1. The summed E-state index contributed by atoms with van der Waals surface area (Å²) in [7, 11) is 3.71. The number of piperidine rings is 1. The molecule has 0 saturated carbocycles. The summed E-state index contributed by atoms with van der Waals surface area (Å²) in [5, 5.41) is 0. The van der Waals surface area contributed by atoms with Crippen molar-refractivity contribution in [3.05, 3.63) is 29.8 Å². The fraction of sp³-hybridized carbons (Fsp3) is 0.696. The molecule has 2 aliphatic heterocycles. The smallest absolute Gasteiger partial charge is 0.223 e. The number of rotatable bonds is 9. The third-order valence-electron chi connectivity index (χ3n) is 6.20. The number of ether oxygens (including phenoxy) is 2. The Morgan fingerprint density at radius 3 is 2.76 bits per heavy atom. The van der Waals surface area contributed by atoms with Crippen LogP contribution in [-0.2, 0) is 16.0 Å². The lowest BCUT2D eigenvalue weighted by Gasteiger charge is -2.35. The average Bonchev–Trinajstić information content (AvgIpc) is 2.77. The minimum absolute atomic E-state index is 0.266. The maximum atomic E-state index is 12.6. The van der Waals surface area contributed by atoms with Crippen LogP contribution in [0.15, 0.2) is 24.3 Å². The van der Waals surface area contributed by atoms with E-state index in [4.69, 9.17) is 9.47 Å². The summed E-state index contributed by atoms with van der Waals surface area (Å²) < 4.78 is 10.9. The molecule has 1 unspecified atom stereocenters. The molecule has 1 aromatic carbocycles. The van der Waals surface area contributed by atoms with Crippen molar-refractivity contribution >= 4 is 5.91 Å². The summed E-state index contributed by atoms with van der Waals surface area (Å²) in [5.41, 5.74) is 1.27. The van der Waals surface area contributed by atoms with E-state index in [1.54, 1.807) is 7.11 Å². The molecule has 2 heterocycles. The molecule has 0 aromatic heterocycles. The second kappa shape index (κ2) is 11.5. The number of para-hydroxylation sites is 1. The van der Waals surface area contributed by atoms with Crippen LogP contribution in [0.5, 0.6) is 5.75 Å². The number of carbonyl (C=O) groups excluding carboxylic acids is 1. The van der Waals surface area contributed by atoms with Crippen molar-refractivity contribution in [1.29, 1.82) is 0 Å². The molecule has 2 aliphatic rings. The number of likely N-dealkylation sites (tertiary alicyclic amines) is 1. The van der Waals surface area contributed by atoms with Crippen molar-refractivity contribution < 1.29 is 14.3 Å². The van der Waals surface area contributed by atoms with E-state index in [2.05, 4.69) is 21.9 Å². The highest BCUT2D eigenvalue weighted by Crippen LogP contribution is 2.21. The van der Waals surface area contributed by atoms with Crippen molar-refractivity contribution in [3.8, 4) is 5.75 Å². The van der Waals surface area contributed by atoms with E-state index in [-0.39, 0.29) is 5.91 Å². The zero-order valence-corrected chi connectivity index (χ0v) is 18.1. The molecular weight excluding hydrogens is 366 g/mol. The average molecular weight is 404 g/mol. The molecule has 0 N–H and O–H groups in total. The van der Waals surface area contributed by atoms with Gasteiger partial charge in [-0.2, -0.15) is 0 Å². The van der Waals surface area contributed by atoms with Gasteiger partial charge in [0.05, 0.1) is 20.3 Å². The second-order valence-corrected chi connectivity index (χ2v) is 8.35. The Kier molecular flexibility index (Phi) is 8.77. The Hall–Kier alpha value is -1.63. The van der Waals surface area contributed by atoms with Crippen molar-refractivity contribution in [2.75, 3.05) is 73.2 Å². The minimum Gasteiger partial charge on any atom is -0.496 e. The van der Waals surface area contributed by atoms with Crippen molar-refractivity contribution in [3.63, 3.8) is 0 Å². The van der Waals surface area contributed by atoms with Gasteiger partial charge in [-0.15, -0.1) is 0 Å². The molecule has 0 spiro atoms. The third-order valence-corrected chi connectivity index (χ3v) is 6.20. The predicted octanol–water partition coefficient (Wildman–Crippen LogP) is 2.13. The summed E-state index contributed by atoms with van der Waals surface area (Å²) in [6.07, 6.45) is 4.05. The Balaban J connectivity index is 1.39. The number of hydrogen-bond donors (Lipinski definition) is 0. The quantitative estimate of drug-likeness (QED) is 0.632. The van der Waals surface area contributed by atoms with Gasteiger partial charge in [-0.25, -0.2) is 0 Å². The standard InChI is InChI=1S/C23H37N3O3/c1-24(23(27)10-13-25-14-16-29-17-15-25)18-20-6-5-11-26(19-20)12-9-21-7-3-4-8-22(21)28-2/h3-4,7-8,20H,5-6,9-19H2,1-2H3. The first-order valence-electron chi connectivity index (χ1n) is 11.0. The van der Waals surface area contributed by atoms with Gasteiger partial charge in [0.25, 0.3) is 0 Å². The first-order chi connectivity index (χ1) is 14.2. The molecule has 1 amide bonds. The SMILES string of the molecule is COc1ccccc1CCN1CCCC(CN(C)C(=O)CCN2CCOCC2)C1. The first kappa shape index (κ1) is 22.1. The molecule has 29 heavy (non-hydrogen) atoms. The number of methoxy groups -OCH3 is 1. The molecule has 1 atom stereocenters. The van der Waals surface area contributed by atoms with Crippen molar-refractivity contribution in [2.45, 2.75) is 25.7 Å². The maximum absolute atomic E-state index is 12.6. The summed E-state index contributed by atoms with van der Waals surface area (Å²) in [4.78, 5) is 19.4. The molecular formula is C23H37N3O3. The fourth-order valence-electron chi connectivity index (χ4n) is 4.45. The zero-order valence-electron chi connectivity index (χ0n) is 18.1. The van der Waals surface area contributed by atoms with Gasteiger partial charge in [-0.3, -0.25) is 9.69 Å². The molecule has 0 bridgehead atoms. The Labute approximate surface area is 175 Å². The van der Waals surface area contributed by atoms with Crippen LogP contribution in [0.1, 0.15) is 24.8 Å². The summed E-state index contributed by atoms with van der Waals surface area (Å²) in [6.45, 7) is 8.46. The van der Waals surface area contributed by atoms with Gasteiger partial charge in [-0.05, 0) is 43.4 Å². The van der Waals surface area contributed by atoms with Crippen LogP contribution in [0, 0.1) is 5.92 Å². The van der Waals surface area contributed by atoms with Gasteiger partial charge in [0.1, 0.15) is 5.75 Å². The molecule has 0 radical (unpaired) electrons. The molecule has 2 fully saturated rings. The largest absolute Gasteiger partial charge is 0.496 e. The first-order valence-corrected chi connectivity index (χ1v) is 11.0. The lowest BCUT2D eigenvalue weighted by molar-refractivity contribution is -0.131. The van der Waals surface area contributed by atoms with E-state index in [1.165, 1.54) is 18.4 Å². The number of nitrogens with zero attached hydrogens (tertiary/aromatic N) is 3. The van der Waals surface area contributed by atoms with E-state index in [0.29, 0.717) is 12.3 Å². The van der Waals surface area contributed by atoms with Crippen LogP contribution in [0.25, 0.3) is 0 Å². The van der Waals surface area contributed by atoms with Crippen molar-refractivity contribution in [2.24, 2.45) is 5.92 Å². The van der Waals surface area contributed by atoms with Crippen molar-refractivity contribution in [1.82, 2.24) is 14.7 Å². The van der Waals surface area contributed by atoms with Crippen LogP contribution in [-0.4, -0.2) is 93.8 Å². The highest BCUT2D eigenvalue weighted by molar-refractivity contribution is 5.76. The highest BCUT2D eigenvalue weighted by atomic mass is 16.5. The molecule has 6 nitrogen and oxygen atoms in total. The summed E-state index contributed by atoms with van der Waals surface area (Å²) in [6, 6.07) is 8.28. The number of hydrogen-bond acceptors (Lipinski definition) is 5. The molecule has 6 heteroatoms. The minimum atomic E-state index is 0.266. The zero-order chi connectivity index (χ0) is 20.5. The van der Waals surface area contributed by atoms with Gasteiger partial charge in [-0.1, -0.05) is 18.2 Å². The molecule has 3 rings (SSSR count). The highest BCUT2D eigenvalue weighted by Gasteiger charge is 2.23. The monoisotopic (exact) mass is 403 g/mol. The number of benzene rings is 1. The van der Waals surface area contributed by atoms with E-state index in [9.17, 15) is 4.79 Å². The van der Waals surface area contributed by atoms with E-state index in [1.807, 2.05) is 24.1 Å². The van der Waals surface area contributed by atoms with E-state index >= 15 is 0 Å². The molecule has 1 aromatic rings. The number of morpholine rings is 1. The van der Waals surface area contributed by atoms with E-state index in [0.717, 1.165) is 71.2 Å². The third kappa shape index (κ3) is 6.98. The van der Waals surface area contributed by atoms with Crippen LogP contribution in [0.3, 0.4) is 0 Å². The molecule has 0 aliphatic carbocycles. The maximum Gasteiger partial charge on any atom is 0.223 e. The lowest BCUT2D eigenvalue weighted by atomic mass is 9.97. The summed E-state index contributed by atoms with van der Waals surface area (Å²) >= 11 is 0. The van der Waals surface area contributed by atoms with Crippen LogP contribution in [0.2, 0.25) is 0 Å². The van der Waals surface area contributed by atoms with Gasteiger partial charge in [0.2, 0.25) is 5.91 Å². The van der Waals surface area contributed by atoms with Crippen LogP contribution in [0.4, 0.5) is 0 Å². The van der Waals surface area contributed by atoms with Gasteiger partial charge < -0.3 is 19.3 Å². The van der Waals surface area contributed by atoms with Gasteiger partial charge >= 0.3 is 0 Å². The van der Waals surface area contributed by atoms with Gasteiger partial charge in [0.15, 0.2) is 0 Å². The lowest BCUT2D eigenvalue weighted by Crippen LogP contribution is -2.43.